The molecule has 6 heteroatoms. The van der Waals surface area contributed by atoms with Crippen LogP contribution in [-0.2, 0) is 9.59 Å². The zero-order chi connectivity index (χ0) is 20.5. The lowest BCUT2D eigenvalue weighted by Crippen LogP contribution is -2.54. The first-order valence-corrected chi connectivity index (χ1v) is 10.5. The Balaban J connectivity index is 1.75. The van der Waals surface area contributed by atoms with Crippen LogP contribution >= 0.6 is 0 Å². The molecule has 6 nitrogen and oxygen atoms in total. The zero-order valence-corrected chi connectivity index (χ0v) is 17.8. The normalized spacial score (nSPS) is 16.8. The first kappa shape index (κ1) is 22.4. The molecule has 0 bridgehead atoms. The minimum absolute atomic E-state index is 0.0167. The standard InChI is InChI=1S/C22H36N4O2/c1-5-6-11-23-21(27)16-25-12-14-26(15-13-25)18(4)22(28)24-20-9-7-19(8-10-20)17(2)3/h7-10,17-18H,5-6,11-16H2,1-4H3,(H,23,27)(H,24,28)/t18-/m1/s1. The number of benzene rings is 1. The summed E-state index contributed by atoms with van der Waals surface area (Å²) in [6, 6.07) is 7.87. The van der Waals surface area contributed by atoms with Gasteiger partial charge in [-0.3, -0.25) is 19.4 Å². The third kappa shape index (κ3) is 6.91. The molecule has 0 aromatic heterocycles. The van der Waals surface area contributed by atoms with E-state index in [1.54, 1.807) is 0 Å². The molecular formula is C22H36N4O2. The van der Waals surface area contributed by atoms with Crippen molar-refractivity contribution in [3.05, 3.63) is 29.8 Å². The summed E-state index contributed by atoms with van der Waals surface area (Å²) in [5, 5.41) is 5.98. The molecule has 156 valence electrons. The van der Waals surface area contributed by atoms with Gasteiger partial charge in [-0.1, -0.05) is 39.3 Å². The Hall–Kier alpha value is -1.92. The summed E-state index contributed by atoms with van der Waals surface area (Å²) in [6.07, 6.45) is 2.10. The largest absolute Gasteiger partial charge is 0.355 e. The van der Waals surface area contributed by atoms with E-state index in [1.165, 1.54) is 5.56 Å². The van der Waals surface area contributed by atoms with E-state index in [0.717, 1.165) is 51.3 Å². The molecule has 0 spiro atoms. The molecule has 0 aliphatic carbocycles. The Morgan fingerprint density at radius 2 is 1.68 bits per heavy atom. The van der Waals surface area contributed by atoms with E-state index in [0.29, 0.717) is 12.5 Å². The number of hydrogen-bond donors (Lipinski definition) is 2. The fourth-order valence-corrected chi connectivity index (χ4v) is 3.34. The molecule has 2 N–H and O–H groups in total. The van der Waals surface area contributed by atoms with Gasteiger partial charge in [0.15, 0.2) is 0 Å². The number of unbranched alkanes of at least 4 members (excludes halogenated alkanes) is 1. The number of nitrogens with one attached hydrogen (secondary N) is 2. The van der Waals surface area contributed by atoms with Crippen LogP contribution < -0.4 is 10.6 Å². The minimum Gasteiger partial charge on any atom is -0.355 e. The molecule has 1 saturated heterocycles. The van der Waals surface area contributed by atoms with Crippen molar-refractivity contribution in [2.24, 2.45) is 0 Å². The van der Waals surface area contributed by atoms with Gasteiger partial charge in [-0.15, -0.1) is 0 Å². The Kier molecular flexibility index (Phi) is 8.93. The van der Waals surface area contributed by atoms with E-state index in [9.17, 15) is 9.59 Å². The average Bonchev–Trinajstić information content (AvgIpc) is 2.68. The molecule has 28 heavy (non-hydrogen) atoms. The third-order valence-corrected chi connectivity index (χ3v) is 5.40. The molecule has 1 atom stereocenters. The summed E-state index contributed by atoms with van der Waals surface area (Å²) in [6.45, 7) is 12.8. The molecular weight excluding hydrogens is 352 g/mol. The lowest BCUT2D eigenvalue weighted by atomic mass is 10.0. The lowest BCUT2D eigenvalue weighted by molar-refractivity contribution is -0.124. The Labute approximate surface area is 169 Å². The average molecular weight is 389 g/mol. The first-order chi connectivity index (χ1) is 13.4. The van der Waals surface area contributed by atoms with Gasteiger partial charge in [-0.25, -0.2) is 0 Å². The highest BCUT2D eigenvalue weighted by molar-refractivity contribution is 5.94. The van der Waals surface area contributed by atoms with E-state index >= 15 is 0 Å². The van der Waals surface area contributed by atoms with Crippen molar-refractivity contribution in [2.75, 3.05) is 44.6 Å². The van der Waals surface area contributed by atoms with Crippen LogP contribution in [0.2, 0.25) is 0 Å². The molecule has 1 aliphatic heterocycles. The Bertz CT molecular complexity index is 622. The van der Waals surface area contributed by atoms with Crippen molar-refractivity contribution in [3.8, 4) is 0 Å². The van der Waals surface area contributed by atoms with Crippen LogP contribution in [0.25, 0.3) is 0 Å². The van der Waals surface area contributed by atoms with E-state index in [4.69, 9.17) is 0 Å². The summed E-state index contributed by atoms with van der Waals surface area (Å²) in [5.74, 6) is 0.592. The molecule has 1 aliphatic rings. The molecule has 0 saturated carbocycles. The van der Waals surface area contributed by atoms with Crippen molar-refractivity contribution >= 4 is 17.5 Å². The van der Waals surface area contributed by atoms with E-state index < -0.39 is 0 Å². The van der Waals surface area contributed by atoms with Crippen LogP contribution in [0, 0.1) is 0 Å². The van der Waals surface area contributed by atoms with Gasteiger partial charge < -0.3 is 10.6 Å². The van der Waals surface area contributed by atoms with Crippen LogP contribution in [0.4, 0.5) is 5.69 Å². The molecule has 1 heterocycles. The number of anilines is 1. The van der Waals surface area contributed by atoms with E-state index in [1.807, 2.05) is 19.1 Å². The predicted octanol–water partition coefficient (Wildman–Crippen LogP) is 2.67. The Morgan fingerprint density at radius 3 is 2.25 bits per heavy atom. The van der Waals surface area contributed by atoms with E-state index in [-0.39, 0.29) is 17.9 Å². The fourth-order valence-electron chi connectivity index (χ4n) is 3.34. The topological polar surface area (TPSA) is 64.7 Å². The lowest BCUT2D eigenvalue weighted by Gasteiger charge is -2.37. The van der Waals surface area contributed by atoms with Crippen molar-refractivity contribution in [3.63, 3.8) is 0 Å². The summed E-state index contributed by atoms with van der Waals surface area (Å²) < 4.78 is 0. The zero-order valence-electron chi connectivity index (χ0n) is 17.8. The summed E-state index contributed by atoms with van der Waals surface area (Å²) >= 11 is 0. The van der Waals surface area contributed by atoms with Crippen LogP contribution in [-0.4, -0.2) is 66.9 Å². The molecule has 1 aromatic rings. The number of hydrogen-bond acceptors (Lipinski definition) is 4. The third-order valence-electron chi connectivity index (χ3n) is 5.40. The van der Waals surface area contributed by atoms with Crippen LogP contribution in [0.15, 0.2) is 24.3 Å². The van der Waals surface area contributed by atoms with Crippen LogP contribution in [0.5, 0.6) is 0 Å². The summed E-state index contributed by atoms with van der Waals surface area (Å²) in [7, 11) is 0. The quantitative estimate of drug-likeness (QED) is 0.639. The van der Waals surface area contributed by atoms with E-state index in [2.05, 4.69) is 53.3 Å². The van der Waals surface area contributed by atoms with Gasteiger partial charge in [0.05, 0.1) is 12.6 Å². The maximum atomic E-state index is 12.6. The minimum atomic E-state index is -0.190. The molecule has 1 aromatic carbocycles. The number of carbonyl (C=O) groups is 2. The van der Waals surface area contributed by atoms with Crippen LogP contribution in [0.3, 0.4) is 0 Å². The van der Waals surface area contributed by atoms with Gasteiger partial charge in [0.2, 0.25) is 11.8 Å². The molecule has 1 fully saturated rings. The second-order valence-corrected chi connectivity index (χ2v) is 7.96. The second-order valence-electron chi connectivity index (χ2n) is 7.96. The highest BCUT2D eigenvalue weighted by Gasteiger charge is 2.26. The maximum absolute atomic E-state index is 12.6. The molecule has 0 unspecified atom stereocenters. The highest BCUT2D eigenvalue weighted by Crippen LogP contribution is 2.17. The van der Waals surface area contributed by atoms with Gasteiger partial charge in [0, 0.05) is 38.4 Å². The number of amides is 2. The number of rotatable bonds is 9. The fraction of sp³-hybridized carbons (Fsp3) is 0.636. The smallest absolute Gasteiger partial charge is 0.241 e. The summed E-state index contributed by atoms with van der Waals surface area (Å²) in [5.41, 5.74) is 2.10. The Morgan fingerprint density at radius 1 is 1.04 bits per heavy atom. The van der Waals surface area contributed by atoms with Gasteiger partial charge in [-0.2, -0.15) is 0 Å². The highest BCUT2D eigenvalue weighted by atomic mass is 16.2. The summed E-state index contributed by atoms with van der Waals surface area (Å²) in [4.78, 5) is 28.9. The molecule has 0 radical (unpaired) electrons. The number of carbonyl (C=O) groups excluding carboxylic acids is 2. The molecule has 2 amide bonds. The van der Waals surface area contributed by atoms with Crippen molar-refractivity contribution in [2.45, 2.75) is 52.5 Å². The molecule has 2 rings (SSSR count). The number of nitrogens with zero attached hydrogens (tertiary/aromatic N) is 2. The van der Waals surface area contributed by atoms with Crippen molar-refractivity contribution in [1.29, 1.82) is 0 Å². The van der Waals surface area contributed by atoms with Crippen molar-refractivity contribution in [1.82, 2.24) is 15.1 Å². The van der Waals surface area contributed by atoms with Gasteiger partial charge >= 0.3 is 0 Å². The van der Waals surface area contributed by atoms with Gasteiger partial charge in [0.25, 0.3) is 0 Å². The first-order valence-electron chi connectivity index (χ1n) is 10.5. The predicted molar refractivity (Wildman–Crippen MR) is 115 cm³/mol. The van der Waals surface area contributed by atoms with Gasteiger partial charge in [0.1, 0.15) is 0 Å². The maximum Gasteiger partial charge on any atom is 0.241 e. The number of piperazine rings is 1. The van der Waals surface area contributed by atoms with Crippen molar-refractivity contribution < 1.29 is 9.59 Å². The monoisotopic (exact) mass is 388 g/mol. The van der Waals surface area contributed by atoms with Crippen LogP contribution in [0.1, 0.15) is 52.0 Å². The SMILES string of the molecule is CCCCNC(=O)CN1CCN([C@H](C)C(=O)Nc2ccc(C(C)C)cc2)CC1. The second kappa shape index (κ2) is 11.2. The van der Waals surface area contributed by atoms with Gasteiger partial charge in [-0.05, 0) is 37.0 Å².